The first-order valence-corrected chi connectivity index (χ1v) is 9.56. The summed E-state index contributed by atoms with van der Waals surface area (Å²) in [7, 11) is -3.31. The Bertz CT molecular complexity index is 765. The SMILES string of the molecule is N#Cc1ccc(S(=O)(=O)CCSc2cccc(Br)c2)cc1. The van der Waals surface area contributed by atoms with Crippen molar-refractivity contribution in [2.24, 2.45) is 0 Å². The van der Waals surface area contributed by atoms with Gasteiger partial charge < -0.3 is 0 Å². The maximum Gasteiger partial charge on any atom is 0.179 e. The van der Waals surface area contributed by atoms with Gasteiger partial charge >= 0.3 is 0 Å². The Morgan fingerprint density at radius 1 is 1.14 bits per heavy atom. The molecule has 0 aromatic heterocycles. The number of hydrogen-bond donors (Lipinski definition) is 0. The summed E-state index contributed by atoms with van der Waals surface area (Å²) in [5, 5.41) is 8.71. The van der Waals surface area contributed by atoms with Gasteiger partial charge in [-0.15, -0.1) is 11.8 Å². The molecule has 108 valence electrons. The molecule has 6 heteroatoms. The molecule has 0 aliphatic carbocycles. The molecule has 0 aliphatic rings. The standard InChI is InChI=1S/C15H12BrNO2S2/c16-13-2-1-3-14(10-13)20-8-9-21(18,19)15-6-4-12(11-17)5-7-15/h1-7,10H,8-9H2. The van der Waals surface area contributed by atoms with Gasteiger partial charge in [-0.1, -0.05) is 22.0 Å². The molecule has 0 unspecified atom stereocenters. The molecular weight excluding hydrogens is 370 g/mol. The highest BCUT2D eigenvalue weighted by Crippen LogP contribution is 2.23. The molecule has 0 spiro atoms. The highest BCUT2D eigenvalue weighted by molar-refractivity contribution is 9.10. The monoisotopic (exact) mass is 381 g/mol. The minimum atomic E-state index is -3.31. The number of nitrogens with zero attached hydrogens (tertiary/aromatic N) is 1. The molecule has 0 saturated heterocycles. The van der Waals surface area contributed by atoms with Crippen LogP contribution in [0.15, 0.2) is 62.8 Å². The second-order valence-corrected chi connectivity index (χ2v) is 8.45. The second-order valence-electron chi connectivity index (χ2n) is 4.26. The topological polar surface area (TPSA) is 57.9 Å². The average molecular weight is 382 g/mol. The molecule has 3 nitrogen and oxygen atoms in total. The van der Waals surface area contributed by atoms with Gasteiger partial charge in [0.05, 0.1) is 22.3 Å². The predicted molar refractivity (Wildman–Crippen MR) is 88.1 cm³/mol. The van der Waals surface area contributed by atoms with Crippen LogP contribution in [0.2, 0.25) is 0 Å². The Morgan fingerprint density at radius 2 is 1.86 bits per heavy atom. The molecule has 0 N–H and O–H groups in total. The lowest BCUT2D eigenvalue weighted by Crippen LogP contribution is -2.08. The summed E-state index contributed by atoms with van der Waals surface area (Å²) in [5.74, 6) is 0.550. The molecule has 0 atom stereocenters. The molecule has 0 heterocycles. The van der Waals surface area contributed by atoms with E-state index >= 15 is 0 Å². The lowest BCUT2D eigenvalue weighted by atomic mass is 10.2. The van der Waals surface area contributed by atoms with Crippen LogP contribution >= 0.6 is 27.7 Å². The number of hydrogen-bond acceptors (Lipinski definition) is 4. The van der Waals surface area contributed by atoms with Crippen molar-refractivity contribution in [2.45, 2.75) is 9.79 Å². The lowest BCUT2D eigenvalue weighted by molar-refractivity contribution is 0.597. The first-order chi connectivity index (χ1) is 10.0. The first-order valence-electron chi connectivity index (χ1n) is 6.12. The summed E-state index contributed by atoms with van der Waals surface area (Å²) in [4.78, 5) is 1.29. The molecule has 2 aromatic carbocycles. The van der Waals surface area contributed by atoms with E-state index in [0.717, 1.165) is 9.37 Å². The van der Waals surface area contributed by atoms with E-state index in [0.29, 0.717) is 11.3 Å². The van der Waals surface area contributed by atoms with Crippen LogP contribution in [-0.4, -0.2) is 19.9 Å². The fourth-order valence-corrected chi connectivity index (χ4v) is 4.85. The number of thioether (sulfide) groups is 1. The third-order valence-corrected chi connectivity index (χ3v) is 6.24. The Morgan fingerprint density at radius 3 is 2.48 bits per heavy atom. The van der Waals surface area contributed by atoms with Crippen molar-refractivity contribution in [3.05, 3.63) is 58.6 Å². The van der Waals surface area contributed by atoms with Crippen molar-refractivity contribution in [3.63, 3.8) is 0 Å². The first kappa shape index (κ1) is 16.1. The average Bonchev–Trinajstić information content (AvgIpc) is 2.47. The number of halogens is 1. The Labute approximate surface area is 137 Å². The van der Waals surface area contributed by atoms with Crippen molar-refractivity contribution in [3.8, 4) is 6.07 Å². The zero-order valence-electron chi connectivity index (χ0n) is 11.0. The van der Waals surface area contributed by atoms with Gasteiger partial charge in [0.1, 0.15) is 0 Å². The Hall–Kier alpha value is -1.29. The lowest BCUT2D eigenvalue weighted by Gasteiger charge is -2.05. The van der Waals surface area contributed by atoms with Crippen LogP contribution in [0.4, 0.5) is 0 Å². The van der Waals surface area contributed by atoms with Gasteiger partial charge in [-0.05, 0) is 42.5 Å². The largest absolute Gasteiger partial charge is 0.224 e. The predicted octanol–water partition coefficient (Wildman–Crippen LogP) is 3.89. The summed E-state index contributed by atoms with van der Waals surface area (Å²) in [6.07, 6.45) is 0. The van der Waals surface area contributed by atoms with Gasteiger partial charge in [0.25, 0.3) is 0 Å². The van der Waals surface area contributed by atoms with E-state index in [2.05, 4.69) is 15.9 Å². The van der Waals surface area contributed by atoms with Gasteiger partial charge in [-0.25, -0.2) is 8.42 Å². The van der Waals surface area contributed by atoms with E-state index < -0.39 is 9.84 Å². The molecule has 0 saturated carbocycles. The van der Waals surface area contributed by atoms with Gasteiger partial charge in [0.2, 0.25) is 0 Å². The van der Waals surface area contributed by atoms with Gasteiger partial charge in [-0.3, -0.25) is 0 Å². The molecule has 2 rings (SSSR count). The molecular formula is C15H12BrNO2S2. The summed E-state index contributed by atoms with van der Waals surface area (Å²) in [6.45, 7) is 0. The number of sulfone groups is 1. The fraction of sp³-hybridized carbons (Fsp3) is 0.133. The molecule has 0 aliphatic heterocycles. The molecule has 21 heavy (non-hydrogen) atoms. The summed E-state index contributed by atoms with van der Waals surface area (Å²) in [6, 6.07) is 15.7. The molecule has 0 fully saturated rings. The quantitative estimate of drug-likeness (QED) is 0.737. The van der Waals surface area contributed by atoms with Crippen molar-refractivity contribution in [2.75, 3.05) is 11.5 Å². The third kappa shape index (κ3) is 4.60. The van der Waals surface area contributed by atoms with E-state index in [9.17, 15) is 8.42 Å². The Kier molecular flexibility index (Phi) is 5.45. The van der Waals surface area contributed by atoms with Crippen molar-refractivity contribution in [1.29, 1.82) is 5.26 Å². The van der Waals surface area contributed by atoms with Crippen molar-refractivity contribution in [1.82, 2.24) is 0 Å². The third-order valence-electron chi connectivity index (χ3n) is 2.76. The van der Waals surface area contributed by atoms with Crippen LogP contribution in [0, 0.1) is 11.3 Å². The maximum absolute atomic E-state index is 12.2. The minimum absolute atomic E-state index is 0.0656. The summed E-state index contributed by atoms with van der Waals surface area (Å²) in [5.41, 5.74) is 0.456. The highest BCUT2D eigenvalue weighted by atomic mass is 79.9. The molecule has 2 aromatic rings. The van der Waals surface area contributed by atoms with Gasteiger partial charge in [0.15, 0.2) is 9.84 Å². The zero-order chi connectivity index (χ0) is 15.3. The van der Waals surface area contributed by atoms with Crippen molar-refractivity contribution < 1.29 is 8.42 Å². The van der Waals surface area contributed by atoms with E-state index in [1.807, 2.05) is 30.3 Å². The molecule has 0 amide bonds. The van der Waals surface area contributed by atoms with Crippen LogP contribution in [0.3, 0.4) is 0 Å². The van der Waals surface area contributed by atoms with E-state index in [1.165, 1.54) is 36.0 Å². The van der Waals surface area contributed by atoms with Crippen molar-refractivity contribution >= 4 is 37.5 Å². The maximum atomic E-state index is 12.2. The number of nitriles is 1. The van der Waals surface area contributed by atoms with E-state index in [1.54, 1.807) is 0 Å². The smallest absolute Gasteiger partial charge is 0.179 e. The Balaban J connectivity index is 1.99. The summed E-state index contributed by atoms with van der Waals surface area (Å²) < 4.78 is 25.3. The van der Waals surface area contributed by atoms with Crippen LogP contribution in [0.1, 0.15) is 5.56 Å². The van der Waals surface area contributed by atoms with Crippen LogP contribution in [0.25, 0.3) is 0 Å². The van der Waals surface area contributed by atoms with Gasteiger partial charge in [-0.2, -0.15) is 5.26 Å². The zero-order valence-corrected chi connectivity index (χ0v) is 14.2. The van der Waals surface area contributed by atoms with Gasteiger partial charge in [0, 0.05) is 15.1 Å². The van der Waals surface area contributed by atoms with Crippen LogP contribution in [0.5, 0.6) is 0 Å². The molecule has 0 bridgehead atoms. The van der Waals surface area contributed by atoms with Crippen LogP contribution in [-0.2, 0) is 9.84 Å². The number of benzene rings is 2. The van der Waals surface area contributed by atoms with Crippen LogP contribution < -0.4 is 0 Å². The van der Waals surface area contributed by atoms with E-state index in [-0.39, 0.29) is 10.6 Å². The molecule has 0 radical (unpaired) electrons. The number of rotatable bonds is 5. The minimum Gasteiger partial charge on any atom is -0.224 e. The normalized spacial score (nSPS) is 11.0. The highest BCUT2D eigenvalue weighted by Gasteiger charge is 2.14. The fourth-order valence-electron chi connectivity index (χ4n) is 1.68. The summed E-state index contributed by atoms with van der Waals surface area (Å²) >= 11 is 4.89. The second kappa shape index (κ2) is 7.12. The van der Waals surface area contributed by atoms with E-state index in [4.69, 9.17) is 5.26 Å².